The summed E-state index contributed by atoms with van der Waals surface area (Å²) in [5, 5.41) is 0.641. The molecule has 2 aromatic heterocycles. The van der Waals surface area contributed by atoms with Crippen molar-refractivity contribution in [3.63, 3.8) is 0 Å². The maximum Gasteiger partial charge on any atom is 0.168 e. The number of hydrogen-bond acceptors (Lipinski definition) is 4. The number of nitrogen functional groups attached to an aromatic ring is 1. The fourth-order valence-electron chi connectivity index (χ4n) is 3.46. The average molecular weight is 541 g/mol. The van der Waals surface area contributed by atoms with Gasteiger partial charge < -0.3 is 10.5 Å². The lowest BCUT2D eigenvalue weighted by atomic mass is 9.98. The molecule has 4 aromatic rings. The molecule has 2 N–H and O–H groups in total. The molecule has 0 saturated heterocycles. The molecule has 4 nitrogen and oxygen atoms in total. The van der Waals surface area contributed by atoms with E-state index in [4.69, 9.17) is 10.5 Å². The first-order chi connectivity index (χ1) is 14.3. The topological polar surface area (TPSA) is 53.1 Å². The van der Waals surface area contributed by atoms with Crippen molar-refractivity contribution in [1.29, 1.82) is 0 Å². The number of benzene rings is 2. The van der Waals surface area contributed by atoms with Gasteiger partial charge in [-0.25, -0.2) is 18.2 Å². The zero-order valence-corrected chi connectivity index (χ0v) is 18.8. The third kappa shape index (κ3) is 3.49. The first kappa shape index (κ1) is 20.9. The first-order valence-electron chi connectivity index (χ1n) is 8.73. The molecular weight excluding hydrogens is 526 g/mol. The van der Waals surface area contributed by atoms with Crippen LogP contribution in [0.15, 0.2) is 42.7 Å². The highest BCUT2D eigenvalue weighted by atomic mass is 127. The van der Waals surface area contributed by atoms with Crippen molar-refractivity contribution in [2.75, 3.05) is 12.8 Å². The number of fused-ring (bicyclic) bond motifs is 1. The van der Waals surface area contributed by atoms with E-state index < -0.39 is 17.5 Å². The molecule has 9 heteroatoms. The number of pyridine rings is 1. The molecule has 4 rings (SSSR count). The molecule has 2 heterocycles. The summed E-state index contributed by atoms with van der Waals surface area (Å²) < 4.78 is 49.3. The lowest BCUT2D eigenvalue weighted by Crippen LogP contribution is -1.95. The zero-order chi connectivity index (χ0) is 21.6. The van der Waals surface area contributed by atoms with Gasteiger partial charge in [0.1, 0.15) is 11.6 Å². The molecule has 0 atom stereocenters. The van der Waals surface area contributed by atoms with E-state index in [1.165, 1.54) is 34.4 Å². The minimum absolute atomic E-state index is 0.0644. The van der Waals surface area contributed by atoms with Crippen molar-refractivity contribution in [2.45, 2.75) is 6.92 Å². The number of halogens is 4. The molecule has 0 radical (unpaired) electrons. The van der Waals surface area contributed by atoms with Gasteiger partial charge in [0.2, 0.25) is 0 Å². The molecule has 0 bridgehead atoms. The van der Waals surface area contributed by atoms with Crippen LogP contribution < -0.4 is 10.5 Å². The van der Waals surface area contributed by atoms with E-state index in [1.54, 1.807) is 23.3 Å². The molecule has 30 heavy (non-hydrogen) atoms. The monoisotopic (exact) mass is 541 g/mol. The quantitative estimate of drug-likeness (QED) is 0.236. The number of hydrogen-bond donors (Lipinski definition) is 1. The Bertz CT molecular complexity index is 1290. The average Bonchev–Trinajstić information content (AvgIpc) is 3.08. The smallest absolute Gasteiger partial charge is 0.168 e. The van der Waals surface area contributed by atoms with Crippen LogP contribution in [0.25, 0.3) is 33.3 Å². The Kier molecular flexibility index (Phi) is 5.58. The molecule has 154 valence electrons. The van der Waals surface area contributed by atoms with Crippen molar-refractivity contribution in [1.82, 2.24) is 8.96 Å². The van der Waals surface area contributed by atoms with Crippen molar-refractivity contribution < 1.29 is 17.9 Å². The number of ether oxygens (including phenoxy) is 1. The molecule has 0 spiro atoms. The van der Waals surface area contributed by atoms with Gasteiger partial charge in [0, 0.05) is 76.5 Å². The third-order valence-corrected chi connectivity index (χ3v) is 6.61. The Labute approximate surface area is 187 Å². The largest absolute Gasteiger partial charge is 0.493 e. The van der Waals surface area contributed by atoms with E-state index in [2.05, 4.69) is 26.2 Å². The summed E-state index contributed by atoms with van der Waals surface area (Å²) in [5.41, 5.74) is 9.61. The van der Waals surface area contributed by atoms with Gasteiger partial charge in [0.05, 0.1) is 7.11 Å². The van der Waals surface area contributed by atoms with Crippen molar-refractivity contribution in [3.8, 4) is 28.0 Å². The molecular formula is C21H15F3IN3OS. The van der Waals surface area contributed by atoms with E-state index in [9.17, 15) is 13.2 Å². The molecule has 0 aliphatic rings. The molecule has 0 saturated carbocycles. The van der Waals surface area contributed by atoms with Gasteiger partial charge in [-0.3, -0.25) is 3.97 Å². The second-order valence-corrected chi connectivity index (χ2v) is 8.38. The van der Waals surface area contributed by atoms with Gasteiger partial charge in [-0.05, 0) is 42.3 Å². The zero-order valence-electron chi connectivity index (χ0n) is 15.8. The number of aromatic nitrogens is 2. The van der Waals surface area contributed by atoms with E-state index >= 15 is 0 Å². The van der Waals surface area contributed by atoms with Crippen molar-refractivity contribution in [3.05, 3.63) is 65.7 Å². The molecule has 0 fully saturated rings. The Morgan fingerprint density at radius 1 is 1.03 bits per heavy atom. The van der Waals surface area contributed by atoms with Crippen LogP contribution in [0.1, 0.15) is 5.56 Å². The van der Waals surface area contributed by atoms with Gasteiger partial charge in [-0.15, -0.1) is 0 Å². The van der Waals surface area contributed by atoms with Crippen LogP contribution >= 0.6 is 30.3 Å². The van der Waals surface area contributed by atoms with Crippen LogP contribution in [0.4, 0.5) is 18.9 Å². The van der Waals surface area contributed by atoms with E-state index in [0.717, 1.165) is 11.6 Å². The van der Waals surface area contributed by atoms with E-state index in [0.29, 0.717) is 33.4 Å². The molecule has 0 aliphatic carbocycles. The highest BCUT2D eigenvalue weighted by Gasteiger charge is 2.20. The summed E-state index contributed by atoms with van der Waals surface area (Å²) in [7, 11) is 2.69. The Morgan fingerprint density at radius 3 is 2.43 bits per heavy atom. The fourth-order valence-corrected chi connectivity index (χ4v) is 4.72. The Balaban J connectivity index is 2.03. The summed E-state index contributed by atoms with van der Waals surface area (Å²) in [4.78, 5) is 4.52. The third-order valence-electron chi connectivity index (χ3n) is 4.91. The van der Waals surface area contributed by atoms with Gasteiger partial charge in [0.25, 0.3) is 0 Å². The number of methoxy groups -OCH3 is 1. The molecule has 0 aliphatic heterocycles. The van der Waals surface area contributed by atoms with Crippen molar-refractivity contribution >= 4 is 47.0 Å². The number of rotatable bonds is 4. The number of anilines is 1. The van der Waals surface area contributed by atoms with Crippen LogP contribution in [0.5, 0.6) is 5.75 Å². The van der Waals surface area contributed by atoms with Crippen LogP contribution in [0, 0.1) is 24.4 Å². The van der Waals surface area contributed by atoms with Crippen LogP contribution in [0.2, 0.25) is 0 Å². The minimum atomic E-state index is -0.798. The Morgan fingerprint density at radius 2 is 1.73 bits per heavy atom. The van der Waals surface area contributed by atoms with E-state index in [-0.39, 0.29) is 11.3 Å². The van der Waals surface area contributed by atoms with Crippen LogP contribution in [-0.2, 0) is 0 Å². The summed E-state index contributed by atoms with van der Waals surface area (Å²) in [6.45, 7) is 1.80. The second-order valence-electron chi connectivity index (χ2n) is 6.67. The maximum atomic E-state index is 14.3. The van der Waals surface area contributed by atoms with Gasteiger partial charge >= 0.3 is 0 Å². The summed E-state index contributed by atoms with van der Waals surface area (Å²) in [6, 6.07) is 6.46. The minimum Gasteiger partial charge on any atom is -0.493 e. The van der Waals surface area contributed by atoms with Crippen molar-refractivity contribution in [2.24, 2.45) is 0 Å². The van der Waals surface area contributed by atoms with E-state index in [1.807, 2.05) is 6.07 Å². The Hall–Kier alpha value is -2.40. The molecule has 2 aromatic carbocycles. The SMILES string of the molecule is COc1c(F)cc(F)cc1-c1cn(SI)c2ncc(-c3cc(F)cc(N)c3C)cc12. The maximum absolute atomic E-state index is 14.3. The van der Waals surface area contributed by atoms with Gasteiger partial charge in [-0.1, -0.05) is 0 Å². The lowest BCUT2D eigenvalue weighted by molar-refractivity contribution is 0.386. The lowest BCUT2D eigenvalue weighted by Gasteiger charge is -2.11. The first-order valence-corrected chi connectivity index (χ1v) is 12.0. The van der Waals surface area contributed by atoms with Gasteiger partial charge in [-0.2, -0.15) is 0 Å². The van der Waals surface area contributed by atoms with Crippen LogP contribution in [0.3, 0.4) is 0 Å². The standard InChI is InChI=1S/C21H15F3IN3OS/c1-10-14(4-13(23)7-19(10)26)11-3-16-17(9-28(30-25)21(16)27-8-11)15-5-12(22)6-18(24)20(15)29-2/h3-9H,26H2,1-2H3. The summed E-state index contributed by atoms with van der Waals surface area (Å²) in [6.07, 6.45) is 3.36. The number of nitrogens with zero attached hydrogens (tertiary/aromatic N) is 2. The second kappa shape index (κ2) is 8.03. The molecule has 0 amide bonds. The highest BCUT2D eigenvalue weighted by molar-refractivity contribution is 14.2. The predicted molar refractivity (Wildman–Crippen MR) is 123 cm³/mol. The van der Waals surface area contributed by atoms with Crippen LogP contribution in [-0.4, -0.2) is 16.1 Å². The summed E-state index contributed by atoms with van der Waals surface area (Å²) >= 11 is 2.09. The predicted octanol–water partition coefficient (Wildman–Crippen LogP) is 6.53. The summed E-state index contributed by atoms with van der Waals surface area (Å²) in [5.74, 6) is -2.04. The fraction of sp³-hybridized carbons (Fsp3) is 0.0952. The normalized spacial score (nSPS) is 11.3. The number of nitrogens with two attached hydrogens (primary N) is 1. The van der Waals surface area contributed by atoms with Gasteiger partial charge in [0.15, 0.2) is 17.2 Å². The molecule has 0 unspecified atom stereocenters. The highest BCUT2D eigenvalue weighted by Crippen LogP contribution is 2.41.